The van der Waals surface area contributed by atoms with E-state index in [9.17, 15) is 9.18 Å². The third-order valence-corrected chi connectivity index (χ3v) is 4.74. The van der Waals surface area contributed by atoms with Gasteiger partial charge in [-0.3, -0.25) is 4.79 Å². The second kappa shape index (κ2) is 5.84. The molecule has 1 aromatic heterocycles. The zero-order valence-corrected chi connectivity index (χ0v) is 13.3. The van der Waals surface area contributed by atoms with Gasteiger partial charge in [-0.05, 0) is 48.3 Å². The van der Waals surface area contributed by atoms with Gasteiger partial charge in [-0.25, -0.2) is 4.39 Å². The molecular formula is C18H22FNO2. The van der Waals surface area contributed by atoms with E-state index in [1.807, 2.05) is 6.20 Å². The van der Waals surface area contributed by atoms with Crippen LogP contribution in [0.1, 0.15) is 50.6 Å². The third-order valence-electron chi connectivity index (χ3n) is 4.74. The van der Waals surface area contributed by atoms with Crippen LogP contribution >= 0.6 is 0 Å². The number of rotatable bonds is 3. The van der Waals surface area contributed by atoms with Gasteiger partial charge in [-0.1, -0.05) is 19.9 Å². The van der Waals surface area contributed by atoms with E-state index in [4.69, 9.17) is 4.74 Å². The van der Waals surface area contributed by atoms with E-state index in [1.165, 1.54) is 12.1 Å². The molecule has 4 heteroatoms. The van der Waals surface area contributed by atoms with Crippen molar-refractivity contribution in [1.82, 2.24) is 4.57 Å². The van der Waals surface area contributed by atoms with Gasteiger partial charge in [0.1, 0.15) is 5.82 Å². The summed E-state index contributed by atoms with van der Waals surface area (Å²) in [6, 6.07) is 4.65. The number of benzene rings is 1. The zero-order chi connectivity index (χ0) is 15.9. The molecule has 2 unspecified atom stereocenters. The first kappa shape index (κ1) is 15.2. The molecule has 0 spiro atoms. The number of pyridine rings is 1. The minimum Gasteiger partial charge on any atom is -0.381 e. The van der Waals surface area contributed by atoms with Crippen LogP contribution in [0.15, 0.2) is 29.2 Å². The Morgan fingerprint density at radius 2 is 2.05 bits per heavy atom. The van der Waals surface area contributed by atoms with Crippen LogP contribution < -0.4 is 5.56 Å². The van der Waals surface area contributed by atoms with Gasteiger partial charge in [0.15, 0.2) is 0 Å². The minimum absolute atomic E-state index is 0.0966. The number of hydrogen-bond acceptors (Lipinski definition) is 2. The highest BCUT2D eigenvalue weighted by Crippen LogP contribution is 2.32. The fourth-order valence-electron chi connectivity index (χ4n) is 3.48. The number of nitrogens with zero attached hydrogens (tertiary/aromatic N) is 1. The van der Waals surface area contributed by atoms with E-state index >= 15 is 0 Å². The van der Waals surface area contributed by atoms with Crippen molar-refractivity contribution in [3.63, 3.8) is 0 Å². The van der Waals surface area contributed by atoms with Gasteiger partial charge < -0.3 is 9.30 Å². The maximum Gasteiger partial charge on any atom is 0.258 e. The van der Waals surface area contributed by atoms with E-state index in [2.05, 4.69) is 13.8 Å². The molecule has 118 valence electrons. The average molecular weight is 303 g/mol. The molecule has 2 atom stereocenters. The van der Waals surface area contributed by atoms with Crippen molar-refractivity contribution >= 4 is 10.8 Å². The van der Waals surface area contributed by atoms with Crippen molar-refractivity contribution in [2.24, 2.45) is 0 Å². The van der Waals surface area contributed by atoms with Gasteiger partial charge >= 0.3 is 0 Å². The largest absolute Gasteiger partial charge is 0.381 e. The van der Waals surface area contributed by atoms with Crippen molar-refractivity contribution in [3.8, 4) is 0 Å². The van der Waals surface area contributed by atoms with E-state index in [1.54, 1.807) is 17.7 Å². The molecule has 3 nitrogen and oxygen atoms in total. The molecule has 1 heterocycles. The Balaban J connectivity index is 2.19. The first-order chi connectivity index (χ1) is 10.5. The molecule has 1 aliphatic rings. The summed E-state index contributed by atoms with van der Waals surface area (Å²) in [5, 5.41) is 1.34. The number of fused-ring (bicyclic) bond motifs is 1. The van der Waals surface area contributed by atoms with Crippen molar-refractivity contribution in [2.75, 3.05) is 7.11 Å². The predicted octanol–water partition coefficient (Wildman–Crippen LogP) is 4.00. The Labute approximate surface area is 129 Å². The molecular weight excluding hydrogens is 281 g/mol. The lowest BCUT2D eigenvalue weighted by Crippen LogP contribution is -2.25. The molecule has 1 aliphatic carbocycles. The highest BCUT2D eigenvalue weighted by Gasteiger charge is 2.27. The second-order valence-electron chi connectivity index (χ2n) is 6.47. The van der Waals surface area contributed by atoms with Gasteiger partial charge in [0.25, 0.3) is 5.56 Å². The first-order valence-corrected chi connectivity index (χ1v) is 7.88. The minimum atomic E-state index is -0.363. The van der Waals surface area contributed by atoms with Gasteiger partial charge in [0, 0.05) is 19.3 Å². The van der Waals surface area contributed by atoms with Crippen LogP contribution in [0.3, 0.4) is 0 Å². The molecule has 22 heavy (non-hydrogen) atoms. The number of ether oxygens (including phenoxy) is 1. The predicted molar refractivity (Wildman–Crippen MR) is 85.9 cm³/mol. The van der Waals surface area contributed by atoms with Crippen LogP contribution in [-0.2, 0) is 4.74 Å². The van der Waals surface area contributed by atoms with Crippen LogP contribution in [-0.4, -0.2) is 17.8 Å². The summed E-state index contributed by atoms with van der Waals surface area (Å²) in [5.74, 6) is -0.0855. The van der Waals surface area contributed by atoms with Crippen LogP contribution in [0.2, 0.25) is 0 Å². The first-order valence-electron chi connectivity index (χ1n) is 7.88. The maximum absolute atomic E-state index is 13.6. The van der Waals surface area contributed by atoms with Gasteiger partial charge in [-0.15, -0.1) is 0 Å². The Morgan fingerprint density at radius 3 is 2.68 bits per heavy atom. The smallest absolute Gasteiger partial charge is 0.258 e. The topological polar surface area (TPSA) is 31.2 Å². The molecule has 0 N–H and O–H groups in total. The summed E-state index contributed by atoms with van der Waals surface area (Å²) in [5.41, 5.74) is 0.996. The summed E-state index contributed by atoms with van der Waals surface area (Å²) >= 11 is 0. The van der Waals surface area contributed by atoms with E-state index in [0.717, 1.165) is 30.2 Å². The quantitative estimate of drug-likeness (QED) is 0.858. The molecule has 0 aliphatic heterocycles. The van der Waals surface area contributed by atoms with E-state index in [-0.39, 0.29) is 29.4 Å². The van der Waals surface area contributed by atoms with Gasteiger partial charge in [0.2, 0.25) is 0 Å². The van der Waals surface area contributed by atoms with Gasteiger partial charge in [0.05, 0.1) is 11.5 Å². The van der Waals surface area contributed by atoms with Crippen LogP contribution in [0.5, 0.6) is 0 Å². The van der Waals surface area contributed by atoms with Crippen molar-refractivity contribution in [2.45, 2.75) is 51.2 Å². The highest BCUT2D eigenvalue weighted by molar-refractivity contribution is 5.85. The zero-order valence-electron chi connectivity index (χ0n) is 13.3. The molecule has 3 rings (SSSR count). The van der Waals surface area contributed by atoms with Crippen molar-refractivity contribution in [3.05, 3.63) is 46.1 Å². The number of aromatic nitrogens is 1. The molecule has 2 aromatic rings. The Bertz CT molecular complexity index is 751. The highest BCUT2D eigenvalue weighted by atomic mass is 19.1. The van der Waals surface area contributed by atoms with Crippen LogP contribution in [0.4, 0.5) is 4.39 Å². The number of methoxy groups -OCH3 is 1. The Morgan fingerprint density at radius 1 is 1.27 bits per heavy atom. The standard InChI is InChI=1S/C18H22FNO2/c1-11(2)17-10-20(13-5-6-14(9-13)22-3)18(21)16-8-12(19)4-7-15(16)17/h4,7-8,10-11,13-14H,5-6,9H2,1-3H3. The summed E-state index contributed by atoms with van der Waals surface area (Å²) in [6.07, 6.45) is 4.91. The average Bonchev–Trinajstić information content (AvgIpc) is 2.96. The normalized spacial score (nSPS) is 21.9. The number of halogens is 1. The lowest BCUT2D eigenvalue weighted by molar-refractivity contribution is 0.105. The fourth-order valence-corrected chi connectivity index (χ4v) is 3.48. The fraction of sp³-hybridized carbons (Fsp3) is 0.500. The summed E-state index contributed by atoms with van der Waals surface area (Å²) in [4.78, 5) is 12.8. The Kier molecular flexibility index (Phi) is 4.04. The van der Waals surface area contributed by atoms with Crippen molar-refractivity contribution < 1.29 is 9.13 Å². The molecule has 0 radical (unpaired) electrons. The van der Waals surface area contributed by atoms with Crippen molar-refractivity contribution in [1.29, 1.82) is 0 Å². The molecule has 1 saturated carbocycles. The lowest BCUT2D eigenvalue weighted by atomic mass is 9.98. The molecule has 0 saturated heterocycles. The summed E-state index contributed by atoms with van der Waals surface area (Å²) in [6.45, 7) is 4.19. The van der Waals surface area contributed by atoms with Crippen LogP contribution in [0, 0.1) is 5.82 Å². The third kappa shape index (κ3) is 2.56. The number of hydrogen-bond donors (Lipinski definition) is 0. The van der Waals surface area contributed by atoms with E-state index in [0.29, 0.717) is 5.39 Å². The molecule has 0 bridgehead atoms. The Hall–Kier alpha value is -1.68. The van der Waals surface area contributed by atoms with Crippen LogP contribution in [0.25, 0.3) is 10.8 Å². The SMILES string of the molecule is COC1CCC(n2cc(C(C)C)c3ccc(F)cc3c2=O)C1. The maximum atomic E-state index is 13.6. The second-order valence-corrected chi connectivity index (χ2v) is 6.47. The molecule has 1 fully saturated rings. The lowest BCUT2D eigenvalue weighted by Gasteiger charge is -2.19. The summed E-state index contributed by atoms with van der Waals surface area (Å²) < 4.78 is 20.8. The monoisotopic (exact) mass is 303 g/mol. The molecule has 1 aromatic carbocycles. The molecule has 0 amide bonds. The summed E-state index contributed by atoms with van der Waals surface area (Å²) in [7, 11) is 1.71. The van der Waals surface area contributed by atoms with Gasteiger partial charge in [-0.2, -0.15) is 0 Å². The van der Waals surface area contributed by atoms with E-state index < -0.39 is 0 Å².